The molecule has 0 atom stereocenters. The molecule has 0 unspecified atom stereocenters. The Balaban J connectivity index is 3.08. The van der Waals surface area contributed by atoms with E-state index in [4.69, 9.17) is 119 Å². The molecule has 0 aliphatic rings. The lowest BCUT2D eigenvalue weighted by Crippen LogP contribution is -2.25. The van der Waals surface area contributed by atoms with E-state index in [2.05, 4.69) is 17.6 Å². The smallest absolute Gasteiger partial charge is 0.404 e. The van der Waals surface area contributed by atoms with Gasteiger partial charge in [0.05, 0.1) is 311 Å². The van der Waals surface area contributed by atoms with E-state index < -0.39 is 6.09 Å². The van der Waals surface area contributed by atoms with Gasteiger partial charge in [0.15, 0.2) is 0 Å². The molecule has 0 aliphatic carbocycles. The Bertz CT molecular complexity index is 1190. The molecule has 0 aromatic heterocycles. The Hall–Kier alpha value is -1.73. The normalized spacial score (nSPS) is 11.7. The maximum absolute atomic E-state index is 10.3. The molecule has 0 aromatic rings. The fraction of sp³-hybridized carbons (Fsp3) is 0.982. The summed E-state index contributed by atoms with van der Waals surface area (Å²) in [5, 5.41) is 14.1. The zero-order chi connectivity index (χ0) is 60.1. The highest BCUT2D eigenvalue weighted by Gasteiger charge is 2.01. The second-order valence-corrected chi connectivity index (χ2v) is 17.4. The van der Waals surface area contributed by atoms with Gasteiger partial charge < -0.3 is 129 Å². The van der Waals surface area contributed by atoms with E-state index in [0.717, 1.165) is 26.1 Å². The van der Waals surface area contributed by atoms with E-state index in [9.17, 15) is 4.79 Å². The van der Waals surface area contributed by atoms with Crippen LogP contribution in [-0.2, 0) is 114 Å². The predicted octanol–water partition coefficient (Wildman–Crippen LogP) is 1.43. The summed E-state index contributed by atoms with van der Waals surface area (Å²) < 4.78 is 132. The number of hydrogen-bond donors (Lipinski definition) is 3. The summed E-state index contributed by atoms with van der Waals surface area (Å²) in [7, 11) is 0. The highest BCUT2D eigenvalue weighted by molar-refractivity contribution is 5.64. The summed E-state index contributed by atoms with van der Waals surface area (Å²) in [6, 6.07) is 0. The van der Waals surface area contributed by atoms with Gasteiger partial charge in [-0.1, -0.05) is 13.3 Å². The summed E-state index contributed by atoms with van der Waals surface area (Å²) in [5.74, 6) is 0. The molecule has 84 heavy (non-hydrogen) atoms. The average molecular weight is 1230 g/mol. The minimum Gasteiger partial charge on any atom is -0.465 e. The Morgan fingerprint density at radius 2 is 0.357 bits per heavy atom. The Labute approximate surface area is 502 Å². The van der Waals surface area contributed by atoms with Crippen molar-refractivity contribution in [2.75, 3.05) is 337 Å². The number of unbranched alkanes of at least 4 members (excludes halogenated alkanes) is 1. The topological polar surface area (TPSA) is 283 Å². The van der Waals surface area contributed by atoms with Crippen LogP contribution in [0.4, 0.5) is 4.79 Å². The Morgan fingerprint density at radius 1 is 0.214 bits per heavy atom. The number of ether oxygens (including phenoxy) is 24. The monoisotopic (exact) mass is 1230 g/mol. The Morgan fingerprint density at radius 3 is 0.512 bits per heavy atom. The van der Waals surface area contributed by atoms with E-state index in [1.54, 1.807) is 0 Å². The highest BCUT2D eigenvalue weighted by atomic mass is 16.6. The van der Waals surface area contributed by atoms with Crippen LogP contribution in [0.15, 0.2) is 0 Å². The van der Waals surface area contributed by atoms with Gasteiger partial charge in [-0.2, -0.15) is 0 Å². The fourth-order valence-electron chi connectivity index (χ4n) is 6.12. The predicted molar refractivity (Wildman–Crippen MR) is 308 cm³/mol. The van der Waals surface area contributed by atoms with Crippen molar-refractivity contribution in [2.45, 2.75) is 26.2 Å². The minimum atomic E-state index is -1.07. The first-order valence-corrected chi connectivity index (χ1v) is 30.3. The van der Waals surface area contributed by atoms with Gasteiger partial charge in [0.25, 0.3) is 0 Å². The quantitative estimate of drug-likeness (QED) is 0.0727. The molecule has 0 bridgehead atoms. The van der Waals surface area contributed by atoms with Crippen molar-refractivity contribution in [3.05, 3.63) is 0 Å². The van der Waals surface area contributed by atoms with Gasteiger partial charge in [-0.25, -0.2) is 4.79 Å². The van der Waals surface area contributed by atoms with Gasteiger partial charge in [-0.05, 0) is 25.9 Å². The number of rotatable bonds is 79. The molecule has 0 radical (unpaired) electrons. The van der Waals surface area contributed by atoms with E-state index in [1.165, 1.54) is 12.8 Å². The molecule has 0 aromatic carbocycles. The van der Waals surface area contributed by atoms with Crippen molar-refractivity contribution in [1.29, 1.82) is 0 Å². The lowest BCUT2D eigenvalue weighted by Gasteiger charge is -2.09. The molecule has 0 saturated heterocycles. The van der Waals surface area contributed by atoms with Crippen molar-refractivity contribution < 1.29 is 124 Å². The molecular weight excluding hydrogens is 1120 g/mol. The molecule has 0 spiro atoms. The highest BCUT2D eigenvalue weighted by Crippen LogP contribution is 1.92. The molecule has 1 amide bonds. The van der Waals surface area contributed by atoms with Gasteiger partial charge >= 0.3 is 6.09 Å². The van der Waals surface area contributed by atoms with Crippen LogP contribution in [0, 0.1) is 0 Å². The van der Waals surface area contributed by atoms with Crippen molar-refractivity contribution >= 4 is 6.09 Å². The van der Waals surface area contributed by atoms with Crippen molar-refractivity contribution in [3.8, 4) is 0 Å². The third kappa shape index (κ3) is 80.3. The molecule has 504 valence electrons. The molecule has 0 aliphatic heterocycles. The number of nitrogens with one attached hydrogen (secondary N) is 2. The second-order valence-electron chi connectivity index (χ2n) is 17.4. The number of amides is 1. The maximum Gasteiger partial charge on any atom is 0.404 e. The van der Waals surface area contributed by atoms with Gasteiger partial charge in [-0.15, -0.1) is 0 Å². The molecular formula is C56H114N2O26. The van der Waals surface area contributed by atoms with Crippen molar-refractivity contribution in [1.82, 2.24) is 10.6 Å². The van der Waals surface area contributed by atoms with Crippen LogP contribution in [0.1, 0.15) is 26.2 Å². The number of carboxylic acid groups (broad SMARTS) is 1. The van der Waals surface area contributed by atoms with Crippen molar-refractivity contribution in [3.63, 3.8) is 0 Å². The summed E-state index contributed by atoms with van der Waals surface area (Å²) in [6.07, 6.45) is 2.39. The second kappa shape index (κ2) is 79.3. The van der Waals surface area contributed by atoms with Crippen LogP contribution in [0.3, 0.4) is 0 Å². The first-order chi connectivity index (χ1) is 41.8. The molecule has 0 saturated carbocycles. The summed E-state index contributed by atoms with van der Waals surface area (Å²) in [4.78, 5) is 10.3. The van der Waals surface area contributed by atoms with Crippen LogP contribution in [-0.4, -0.2) is 348 Å². The number of carbonyl (C=O) groups is 1. The fourth-order valence-corrected chi connectivity index (χ4v) is 6.12. The van der Waals surface area contributed by atoms with E-state index in [0.29, 0.717) is 311 Å². The van der Waals surface area contributed by atoms with Crippen LogP contribution in [0.25, 0.3) is 0 Å². The molecule has 0 heterocycles. The van der Waals surface area contributed by atoms with Gasteiger partial charge in [0, 0.05) is 13.2 Å². The summed E-state index contributed by atoms with van der Waals surface area (Å²) in [5.41, 5.74) is 0. The lowest BCUT2D eigenvalue weighted by molar-refractivity contribution is -0.0320. The third-order valence-electron chi connectivity index (χ3n) is 10.4. The largest absolute Gasteiger partial charge is 0.465 e. The third-order valence-corrected chi connectivity index (χ3v) is 10.4. The maximum atomic E-state index is 10.3. The first kappa shape index (κ1) is 82.3. The van der Waals surface area contributed by atoms with Crippen LogP contribution in [0.5, 0.6) is 0 Å². The molecule has 28 heteroatoms. The first-order valence-electron chi connectivity index (χ1n) is 30.3. The number of hydrogen-bond acceptors (Lipinski definition) is 26. The molecule has 0 fully saturated rings. The standard InChI is InChI=1S/C56H114N2O26/c1-2-3-5-57-6-4-8-61-10-12-63-14-16-65-18-20-67-22-24-69-26-28-71-30-32-73-34-36-75-38-40-77-42-44-79-46-48-81-50-52-83-54-55-84-53-51-82-49-47-80-45-43-78-41-39-76-37-35-74-33-31-72-29-27-70-25-23-68-21-19-66-17-15-64-13-11-62-9-7-58-56(59)60/h57-58H,2-55H2,1H3,(H,59,60). The lowest BCUT2D eigenvalue weighted by atomic mass is 10.3. The van der Waals surface area contributed by atoms with Crippen LogP contribution in [0.2, 0.25) is 0 Å². The average Bonchev–Trinajstić information content (AvgIpc) is 3.49. The zero-order valence-corrected chi connectivity index (χ0v) is 51.3. The van der Waals surface area contributed by atoms with Gasteiger partial charge in [0.2, 0.25) is 0 Å². The van der Waals surface area contributed by atoms with Crippen molar-refractivity contribution in [2.24, 2.45) is 0 Å². The van der Waals surface area contributed by atoms with Gasteiger partial charge in [-0.3, -0.25) is 0 Å². The Kier molecular flexibility index (Phi) is 77.6. The van der Waals surface area contributed by atoms with E-state index >= 15 is 0 Å². The summed E-state index contributed by atoms with van der Waals surface area (Å²) in [6.45, 7) is 28.0. The molecule has 0 rings (SSSR count). The zero-order valence-electron chi connectivity index (χ0n) is 51.3. The summed E-state index contributed by atoms with van der Waals surface area (Å²) >= 11 is 0. The van der Waals surface area contributed by atoms with Crippen LogP contribution >= 0.6 is 0 Å². The van der Waals surface area contributed by atoms with Crippen LogP contribution < -0.4 is 10.6 Å². The van der Waals surface area contributed by atoms with Gasteiger partial charge in [0.1, 0.15) is 0 Å². The molecule has 28 nitrogen and oxygen atoms in total. The molecule has 3 N–H and O–H groups in total. The SMILES string of the molecule is CCCCNCCCOCCOCCOCCOCCOCCOCCOCCOCCOCCOCCOCCOCCOCCOCCOCCOCCOCCOCCOCCOCCOCCOCCOCCOCCNC(=O)O. The van der Waals surface area contributed by atoms with E-state index in [1.807, 2.05) is 0 Å². The van der Waals surface area contributed by atoms with E-state index in [-0.39, 0.29) is 6.54 Å². The minimum absolute atomic E-state index is 0.250.